The molecule has 0 heterocycles. The van der Waals surface area contributed by atoms with Gasteiger partial charge >= 0.3 is 0 Å². The number of hydrogen-bond donors (Lipinski definition) is 1. The number of methoxy groups -OCH3 is 1. The Hall–Kier alpha value is -0.970. The lowest BCUT2D eigenvalue weighted by molar-refractivity contribution is -0.124. The third-order valence-electron chi connectivity index (χ3n) is 2.10. The first-order chi connectivity index (χ1) is 8.54. The molecular weight excluding hydrogens is 277 g/mol. The van der Waals surface area contributed by atoms with Gasteiger partial charge in [-0.3, -0.25) is 4.79 Å². The molecule has 0 radical (unpaired) electrons. The predicted octanol–water partition coefficient (Wildman–Crippen LogP) is 2.52. The fraction of sp³-hybridized carbons (Fsp3) is 0.417. The number of halogens is 2. The average Bonchev–Trinajstić information content (AvgIpc) is 2.31. The van der Waals surface area contributed by atoms with Crippen molar-refractivity contribution in [3.8, 4) is 5.75 Å². The van der Waals surface area contributed by atoms with E-state index in [4.69, 9.17) is 32.7 Å². The highest BCUT2D eigenvalue weighted by Crippen LogP contribution is 2.31. The smallest absolute Gasteiger partial charge is 0.258 e. The molecule has 0 saturated carbocycles. The van der Waals surface area contributed by atoms with Crippen LogP contribution in [0, 0.1) is 0 Å². The third kappa shape index (κ3) is 4.72. The van der Waals surface area contributed by atoms with Gasteiger partial charge in [-0.2, -0.15) is 0 Å². The van der Waals surface area contributed by atoms with Crippen LogP contribution in [0.15, 0.2) is 18.2 Å². The van der Waals surface area contributed by atoms with E-state index in [-0.39, 0.29) is 18.6 Å². The first kappa shape index (κ1) is 15.1. The van der Waals surface area contributed by atoms with E-state index in [1.54, 1.807) is 25.3 Å². The second-order valence-electron chi connectivity index (χ2n) is 3.76. The lowest BCUT2D eigenvalue weighted by Crippen LogP contribution is -2.38. The van der Waals surface area contributed by atoms with E-state index in [2.05, 4.69) is 5.32 Å². The van der Waals surface area contributed by atoms with Gasteiger partial charge in [0.2, 0.25) is 0 Å². The molecular formula is C12H15Cl2NO3. The number of benzene rings is 1. The topological polar surface area (TPSA) is 47.6 Å². The highest BCUT2D eigenvalue weighted by atomic mass is 35.5. The van der Waals surface area contributed by atoms with E-state index in [1.165, 1.54) is 0 Å². The maximum absolute atomic E-state index is 11.5. The van der Waals surface area contributed by atoms with Gasteiger partial charge in [0.05, 0.1) is 11.6 Å². The van der Waals surface area contributed by atoms with Crippen LogP contribution in [-0.2, 0) is 9.53 Å². The SMILES string of the molecule is COC[C@H](C)NC(=O)COc1cccc(Cl)c1Cl. The van der Waals surface area contributed by atoms with Crippen LogP contribution >= 0.6 is 23.2 Å². The van der Waals surface area contributed by atoms with Gasteiger partial charge in [-0.15, -0.1) is 0 Å². The summed E-state index contributed by atoms with van der Waals surface area (Å²) in [6.45, 7) is 2.17. The Labute approximate surface area is 116 Å². The monoisotopic (exact) mass is 291 g/mol. The molecule has 1 atom stereocenters. The lowest BCUT2D eigenvalue weighted by Gasteiger charge is -2.13. The summed E-state index contributed by atoms with van der Waals surface area (Å²) in [5, 5.41) is 3.41. The van der Waals surface area contributed by atoms with Gasteiger partial charge in [0.15, 0.2) is 6.61 Å². The molecule has 0 aliphatic carbocycles. The van der Waals surface area contributed by atoms with Crippen molar-refractivity contribution in [1.29, 1.82) is 0 Å². The highest BCUT2D eigenvalue weighted by molar-refractivity contribution is 6.42. The van der Waals surface area contributed by atoms with E-state index < -0.39 is 0 Å². The molecule has 1 N–H and O–H groups in total. The number of rotatable bonds is 6. The zero-order chi connectivity index (χ0) is 13.5. The molecule has 1 aromatic carbocycles. The summed E-state index contributed by atoms with van der Waals surface area (Å²) in [5.74, 6) is 0.148. The molecule has 1 aromatic rings. The number of amides is 1. The number of carbonyl (C=O) groups excluding carboxylic acids is 1. The van der Waals surface area contributed by atoms with Gasteiger partial charge in [-0.1, -0.05) is 29.3 Å². The van der Waals surface area contributed by atoms with Crippen molar-refractivity contribution in [3.63, 3.8) is 0 Å². The molecule has 0 aliphatic rings. The fourth-order valence-corrected chi connectivity index (χ4v) is 1.69. The zero-order valence-corrected chi connectivity index (χ0v) is 11.7. The molecule has 0 aromatic heterocycles. The summed E-state index contributed by atoms with van der Waals surface area (Å²) in [5.41, 5.74) is 0. The van der Waals surface area contributed by atoms with Crippen LogP contribution in [0.25, 0.3) is 0 Å². The van der Waals surface area contributed by atoms with Gasteiger partial charge in [-0.25, -0.2) is 0 Å². The van der Waals surface area contributed by atoms with Gasteiger partial charge in [0.1, 0.15) is 10.8 Å². The van der Waals surface area contributed by atoms with E-state index in [1.807, 2.05) is 6.92 Å². The molecule has 0 saturated heterocycles. The Morgan fingerprint density at radius 3 is 2.83 bits per heavy atom. The van der Waals surface area contributed by atoms with Crippen LogP contribution in [0.5, 0.6) is 5.75 Å². The van der Waals surface area contributed by atoms with Crippen molar-refractivity contribution < 1.29 is 14.3 Å². The van der Waals surface area contributed by atoms with Crippen molar-refractivity contribution in [3.05, 3.63) is 28.2 Å². The number of ether oxygens (including phenoxy) is 2. The maximum Gasteiger partial charge on any atom is 0.258 e. The molecule has 0 bridgehead atoms. The van der Waals surface area contributed by atoms with Crippen LogP contribution < -0.4 is 10.1 Å². The van der Waals surface area contributed by atoms with Crippen LogP contribution in [0.2, 0.25) is 10.0 Å². The highest BCUT2D eigenvalue weighted by Gasteiger charge is 2.10. The first-order valence-electron chi connectivity index (χ1n) is 5.39. The van der Waals surface area contributed by atoms with Crippen LogP contribution in [0.1, 0.15) is 6.92 Å². The second kappa shape index (κ2) is 7.46. The molecule has 1 rings (SSSR count). The van der Waals surface area contributed by atoms with E-state index >= 15 is 0 Å². The van der Waals surface area contributed by atoms with Gasteiger partial charge in [0, 0.05) is 13.2 Å². The summed E-state index contributed by atoms with van der Waals surface area (Å²) in [6.07, 6.45) is 0. The summed E-state index contributed by atoms with van der Waals surface area (Å²) < 4.78 is 10.2. The fourth-order valence-electron chi connectivity index (χ4n) is 1.35. The normalized spacial score (nSPS) is 12.0. The van der Waals surface area contributed by atoms with Crippen molar-refractivity contribution in [1.82, 2.24) is 5.32 Å². The van der Waals surface area contributed by atoms with Crippen molar-refractivity contribution in [2.24, 2.45) is 0 Å². The molecule has 6 heteroatoms. The standard InChI is InChI=1S/C12H15Cl2NO3/c1-8(6-17-2)15-11(16)7-18-10-5-3-4-9(13)12(10)14/h3-5,8H,6-7H2,1-2H3,(H,15,16)/t8-/m0/s1. The predicted molar refractivity (Wildman–Crippen MR) is 71.4 cm³/mol. The number of carbonyl (C=O) groups is 1. The summed E-state index contributed by atoms with van der Waals surface area (Å²) in [7, 11) is 1.57. The largest absolute Gasteiger partial charge is 0.482 e. The summed E-state index contributed by atoms with van der Waals surface area (Å²) in [6, 6.07) is 4.94. The van der Waals surface area contributed by atoms with Crippen LogP contribution in [-0.4, -0.2) is 32.3 Å². The van der Waals surface area contributed by atoms with E-state index in [0.717, 1.165) is 0 Å². The molecule has 0 aliphatic heterocycles. The minimum absolute atomic E-state index is 0.0686. The molecule has 0 unspecified atom stereocenters. The maximum atomic E-state index is 11.5. The van der Waals surface area contributed by atoms with Crippen LogP contribution in [0.4, 0.5) is 0 Å². The molecule has 1 amide bonds. The Morgan fingerprint density at radius 2 is 2.17 bits per heavy atom. The van der Waals surface area contributed by atoms with Crippen molar-refractivity contribution >= 4 is 29.1 Å². The van der Waals surface area contributed by atoms with E-state index in [9.17, 15) is 4.79 Å². The number of hydrogen-bond acceptors (Lipinski definition) is 3. The second-order valence-corrected chi connectivity index (χ2v) is 4.55. The minimum Gasteiger partial charge on any atom is -0.482 e. The molecule has 4 nitrogen and oxygen atoms in total. The number of nitrogens with one attached hydrogen (secondary N) is 1. The average molecular weight is 292 g/mol. The summed E-state index contributed by atoms with van der Waals surface area (Å²) >= 11 is 11.7. The Bertz CT molecular complexity index is 412. The van der Waals surface area contributed by atoms with Crippen molar-refractivity contribution in [2.45, 2.75) is 13.0 Å². The molecule has 100 valence electrons. The zero-order valence-electron chi connectivity index (χ0n) is 10.2. The van der Waals surface area contributed by atoms with Gasteiger partial charge in [-0.05, 0) is 19.1 Å². The van der Waals surface area contributed by atoms with Gasteiger partial charge in [0.25, 0.3) is 5.91 Å². The third-order valence-corrected chi connectivity index (χ3v) is 2.90. The Kier molecular flexibility index (Phi) is 6.25. The summed E-state index contributed by atoms with van der Waals surface area (Å²) in [4.78, 5) is 11.5. The van der Waals surface area contributed by atoms with Crippen molar-refractivity contribution in [2.75, 3.05) is 20.3 Å². The minimum atomic E-state index is -0.240. The lowest BCUT2D eigenvalue weighted by atomic mass is 10.3. The Morgan fingerprint density at radius 1 is 1.44 bits per heavy atom. The molecule has 0 fully saturated rings. The first-order valence-corrected chi connectivity index (χ1v) is 6.15. The van der Waals surface area contributed by atoms with Gasteiger partial charge < -0.3 is 14.8 Å². The Balaban J connectivity index is 2.45. The van der Waals surface area contributed by atoms with Crippen LogP contribution in [0.3, 0.4) is 0 Å². The quantitative estimate of drug-likeness (QED) is 0.876. The molecule has 0 spiro atoms. The molecule has 18 heavy (non-hydrogen) atoms. The van der Waals surface area contributed by atoms with E-state index in [0.29, 0.717) is 22.4 Å².